The van der Waals surface area contributed by atoms with E-state index in [0.29, 0.717) is 5.89 Å². The Hall–Kier alpha value is -1.68. The number of nitrogens with one attached hydrogen (secondary N) is 1. The molecule has 0 radical (unpaired) electrons. The van der Waals surface area contributed by atoms with Gasteiger partial charge in [0.05, 0.1) is 12.2 Å². The Morgan fingerprint density at radius 1 is 1.47 bits per heavy atom. The Kier molecular flexibility index (Phi) is 3.11. The lowest BCUT2D eigenvalue weighted by atomic mass is 10.1. The van der Waals surface area contributed by atoms with Crippen LogP contribution in [-0.4, -0.2) is 4.98 Å². The molecule has 2 unspecified atom stereocenters. The molecule has 1 aliphatic carbocycles. The van der Waals surface area contributed by atoms with Crippen molar-refractivity contribution in [2.24, 2.45) is 0 Å². The minimum Gasteiger partial charge on any atom is -0.444 e. The molecule has 4 heteroatoms. The van der Waals surface area contributed by atoms with E-state index >= 15 is 0 Å². The van der Waals surface area contributed by atoms with Gasteiger partial charge in [0.1, 0.15) is 11.6 Å². The van der Waals surface area contributed by atoms with Gasteiger partial charge in [0, 0.05) is 6.04 Å². The molecule has 1 aromatic heterocycles. The highest BCUT2D eigenvalue weighted by molar-refractivity contribution is 5.35. The lowest BCUT2D eigenvalue weighted by molar-refractivity contribution is 0.371. The summed E-state index contributed by atoms with van der Waals surface area (Å²) in [7, 11) is 0. The van der Waals surface area contributed by atoms with Crippen LogP contribution in [0, 0.1) is 12.7 Å². The molecule has 2 atom stereocenters. The number of fused-ring (bicyclic) bond motifs is 1. The van der Waals surface area contributed by atoms with Crippen LogP contribution in [0.5, 0.6) is 0 Å². The first kappa shape index (κ1) is 12.4. The second-order valence-electron chi connectivity index (χ2n) is 5.13. The van der Waals surface area contributed by atoms with Crippen LogP contribution >= 0.6 is 0 Å². The van der Waals surface area contributed by atoms with E-state index in [1.54, 1.807) is 12.3 Å². The summed E-state index contributed by atoms with van der Waals surface area (Å²) in [5.41, 5.74) is 2.30. The number of halogens is 1. The number of hydrogen-bond donors (Lipinski definition) is 1. The van der Waals surface area contributed by atoms with Gasteiger partial charge in [-0.05, 0) is 49.9 Å². The average Bonchev–Trinajstić information content (AvgIpc) is 2.96. The fourth-order valence-corrected chi connectivity index (χ4v) is 2.70. The smallest absolute Gasteiger partial charge is 0.211 e. The predicted molar refractivity (Wildman–Crippen MR) is 70.3 cm³/mol. The molecular weight excluding hydrogens is 243 g/mol. The third-order valence-electron chi connectivity index (χ3n) is 3.64. The van der Waals surface area contributed by atoms with Crippen LogP contribution in [0.3, 0.4) is 0 Å². The number of hydrogen-bond acceptors (Lipinski definition) is 3. The van der Waals surface area contributed by atoms with E-state index in [1.807, 2.05) is 19.9 Å². The van der Waals surface area contributed by atoms with E-state index < -0.39 is 0 Å². The molecule has 3 nitrogen and oxygen atoms in total. The summed E-state index contributed by atoms with van der Waals surface area (Å²) >= 11 is 0. The zero-order chi connectivity index (χ0) is 13.4. The van der Waals surface area contributed by atoms with Gasteiger partial charge in [-0.1, -0.05) is 6.07 Å². The van der Waals surface area contributed by atoms with Crippen molar-refractivity contribution in [2.45, 2.75) is 38.8 Å². The molecule has 1 aliphatic rings. The zero-order valence-electron chi connectivity index (χ0n) is 11.1. The third kappa shape index (κ3) is 2.40. The van der Waals surface area contributed by atoms with Crippen molar-refractivity contribution in [3.05, 3.63) is 53.0 Å². The van der Waals surface area contributed by atoms with E-state index in [1.165, 1.54) is 11.6 Å². The maximum absolute atomic E-state index is 13.2. The van der Waals surface area contributed by atoms with Gasteiger partial charge in [0.25, 0.3) is 0 Å². The molecule has 0 saturated heterocycles. The highest BCUT2D eigenvalue weighted by Crippen LogP contribution is 2.33. The van der Waals surface area contributed by atoms with E-state index in [2.05, 4.69) is 10.3 Å². The minimum absolute atomic E-state index is 0.0507. The maximum Gasteiger partial charge on any atom is 0.211 e. The van der Waals surface area contributed by atoms with Crippen molar-refractivity contribution in [1.29, 1.82) is 0 Å². The van der Waals surface area contributed by atoms with Gasteiger partial charge in [-0.15, -0.1) is 0 Å². The second kappa shape index (κ2) is 4.78. The molecule has 1 heterocycles. The van der Waals surface area contributed by atoms with Crippen LogP contribution in [0.4, 0.5) is 4.39 Å². The quantitative estimate of drug-likeness (QED) is 0.918. The van der Waals surface area contributed by atoms with E-state index in [-0.39, 0.29) is 17.9 Å². The van der Waals surface area contributed by atoms with Gasteiger partial charge < -0.3 is 4.42 Å². The van der Waals surface area contributed by atoms with Crippen molar-refractivity contribution >= 4 is 0 Å². The third-order valence-corrected chi connectivity index (χ3v) is 3.64. The predicted octanol–water partition coefficient (Wildman–Crippen LogP) is 3.46. The van der Waals surface area contributed by atoms with Crippen LogP contribution in [0.2, 0.25) is 0 Å². The minimum atomic E-state index is -0.157. The average molecular weight is 260 g/mol. The van der Waals surface area contributed by atoms with Gasteiger partial charge in [-0.3, -0.25) is 5.32 Å². The molecule has 0 aliphatic heterocycles. The van der Waals surface area contributed by atoms with Crippen LogP contribution < -0.4 is 5.32 Å². The lowest BCUT2D eigenvalue weighted by Gasteiger charge is -2.18. The first-order valence-corrected chi connectivity index (χ1v) is 6.60. The topological polar surface area (TPSA) is 38.1 Å². The number of rotatable bonds is 3. The summed E-state index contributed by atoms with van der Waals surface area (Å²) in [4.78, 5) is 4.24. The first-order valence-electron chi connectivity index (χ1n) is 6.60. The molecule has 2 aromatic rings. The fraction of sp³-hybridized carbons (Fsp3) is 0.400. The summed E-state index contributed by atoms with van der Waals surface area (Å²) in [6.45, 7) is 3.92. The molecular formula is C15H17FN2O. The number of oxazole rings is 1. The SMILES string of the molecule is Cc1cnc(C(C)NC2CCc3cc(F)ccc32)o1. The Morgan fingerprint density at radius 2 is 2.32 bits per heavy atom. The van der Waals surface area contributed by atoms with Crippen LogP contribution in [-0.2, 0) is 6.42 Å². The Labute approximate surface area is 111 Å². The molecule has 0 fully saturated rings. The summed E-state index contributed by atoms with van der Waals surface area (Å²) in [6, 6.07) is 5.34. The molecule has 3 rings (SSSR count). The highest BCUT2D eigenvalue weighted by Gasteiger charge is 2.25. The Morgan fingerprint density at radius 3 is 3.05 bits per heavy atom. The standard InChI is InChI=1S/C15H17FN2O/c1-9-8-17-15(19-9)10(2)18-14-6-3-11-7-12(16)4-5-13(11)14/h4-5,7-8,10,14,18H,3,6H2,1-2H3. The molecule has 0 spiro atoms. The molecule has 19 heavy (non-hydrogen) atoms. The van der Waals surface area contributed by atoms with Gasteiger partial charge >= 0.3 is 0 Å². The normalized spacial score (nSPS) is 19.4. The summed E-state index contributed by atoms with van der Waals surface area (Å²) in [6.07, 6.45) is 3.64. The van der Waals surface area contributed by atoms with Gasteiger partial charge in [-0.25, -0.2) is 9.37 Å². The van der Waals surface area contributed by atoms with E-state index in [0.717, 1.165) is 24.2 Å². The first-order chi connectivity index (χ1) is 9.13. The van der Waals surface area contributed by atoms with Crippen molar-refractivity contribution < 1.29 is 8.81 Å². The number of nitrogens with zero attached hydrogens (tertiary/aromatic N) is 1. The number of benzene rings is 1. The Bertz CT molecular complexity index is 594. The summed E-state index contributed by atoms with van der Waals surface area (Å²) in [5.74, 6) is 1.36. The van der Waals surface area contributed by atoms with Crippen molar-refractivity contribution in [3.63, 3.8) is 0 Å². The van der Waals surface area contributed by atoms with E-state index in [4.69, 9.17) is 4.42 Å². The lowest BCUT2D eigenvalue weighted by Crippen LogP contribution is -2.23. The molecule has 0 bridgehead atoms. The van der Waals surface area contributed by atoms with Crippen molar-refractivity contribution in [2.75, 3.05) is 0 Å². The van der Waals surface area contributed by atoms with Crippen molar-refractivity contribution in [3.8, 4) is 0 Å². The molecule has 100 valence electrons. The molecule has 1 N–H and O–H groups in total. The van der Waals surface area contributed by atoms with Crippen LogP contribution in [0.1, 0.15) is 48.2 Å². The number of aromatic nitrogens is 1. The second-order valence-corrected chi connectivity index (χ2v) is 5.13. The zero-order valence-corrected chi connectivity index (χ0v) is 11.1. The van der Waals surface area contributed by atoms with Gasteiger partial charge in [0.2, 0.25) is 5.89 Å². The molecule has 0 amide bonds. The molecule has 0 saturated carbocycles. The van der Waals surface area contributed by atoms with Crippen molar-refractivity contribution in [1.82, 2.24) is 10.3 Å². The Balaban J connectivity index is 1.76. The van der Waals surface area contributed by atoms with Gasteiger partial charge in [-0.2, -0.15) is 0 Å². The maximum atomic E-state index is 13.2. The van der Waals surface area contributed by atoms with Crippen LogP contribution in [0.25, 0.3) is 0 Å². The number of aryl methyl sites for hydroxylation is 2. The van der Waals surface area contributed by atoms with E-state index in [9.17, 15) is 4.39 Å². The van der Waals surface area contributed by atoms with Gasteiger partial charge in [0.15, 0.2) is 0 Å². The highest BCUT2D eigenvalue weighted by atomic mass is 19.1. The summed E-state index contributed by atoms with van der Waals surface area (Å²) in [5, 5.41) is 3.51. The molecule has 1 aromatic carbocycles. The fourth-order valence-electron chi connectivity index (χ4n) is 2.70. The largest absolute Gasteiger partial charge is 0.444 e. The summed E-state index contributed by atoms with van der Waals surface area (Å²) < 4.78 is 18.7. The van der Waals surface area contributed by atoms with Crippen LogP contribution in [0.15, 0.2) is 28.8 Å². The monoisotopic (exact) mass is 260 g/mol.